The van der Waals surface area contributed by atoms with Crippen LogP contribution in [-0.4, -0.2) is 166 Å². The molecule has 13 N–H and O–H groups in total. The normalized spacial score (nSPS) is 45.5. The second kappa shape index (κ2) is 27.4. The number of allylic oxidation sites excluding steroid dienone is 12. The number of aliphatic carboxylic acids is 1. The molecule has 3 aliphatic rings. The third-order valence-electron chi connectivity index (χ3n) is 12.0. The Balaban J connectivity index is 1.86. The first-order valence-electron chi connectivity index (χ1n) is 22.3. The third-order valence-corrected chi connectivity index (χ3v) is 12.0. The van der Waals surface area contributed by atoms with Crippen LogP contribution in [0.5, 0.6) is 0 Å². The first kappa shape index (κ1) is 55.9. The van der Waals surface area contributed by atoms with Crippen LogP contribution in [0.3, 0.4) is 0 Å². The van der Waals surface area contributed by atoms with Gasteiger partial charge in [-0.25, -0.2) is 0 Å². The molecule has 0 spiro atoms. The Morgan fingerprint density at radius 1 is 0.662 bits per heavy atom. The van der Waals surface area contributed by atoms with Crippen molar-refractivity contribution in [1.82, 2.24) is 0 Å². The quantitative estimate of drug-likeness (QED) is 0.174. The van der Waals surface area contributed by atoms with Gasteiger partial charge in [-0.15, -0.1) is 0 Å². The molecule has 0 saturated carbocycles. The minimum Gasteiger partial charge on any atom is -0.481 e. The van der Waals surface area contributed by atoms with Crippen molar-refractivity contribution in [2.24, 2.45) is 23.5 Å². The van der Waals surface area contributed by atoms with E-state index in [2.05, 4.69) is 0 Å². The zero-order valence-corrected chi connectivity index (χ0v) is 37.6. The summed E-state index contributed by atoms with van der Waals surface area (Å²) in [5.41, 5.74) is 6.02. The van der Waals surface area contributed by atoms with E-state index < -0.39 is 147 Å². The van der Waals surface area contributed by atoms with Crippen LogP contribution in [0.25, 0.3) is 0 Å². The van der Waals surface area contributed by atoms with Crippen LogP contribution in [0.15, 0.2) is 85.1 Å². The highest BCUT2D eigenvalue weighted by atomic mass is 16.7. The van der Waals surface area contributed by atoms with Crippen LogP contribution >= 0.6 is 0 Å². The summed E-state index contributed by atoms with van der Waals surface area (Å²) in [7, 11) is 0. The van der Waals surface area contributed by atoms with Gasteiger partial charge in [-0.2, -0.15) is 0 Å². The average Bonchev–Trinajstić information content (AvgIpc) is 3.21. The van der Waals surface area contributed by atoms with E-state index in [1.165, 1.54) is 13.0 Å². The molecule has 18 nitrogen and oxygen atoms in total. The number of carboxylic acid groups (broad SMARTS) is 1. The van der Waals surface area contributed by atoms with Gasteiger partial charge in [-0.1, -0.05) is 98.9 Å². The lowest BCUT2D eigenvalue weighted by atomic mass is 9.82. The zero-order chi connectivity index (χ0) is 48.4. The molecule has 2 bridgehead atoms. The summed E-state index contributed by atoms with van der Waals surface area (Å²) in [6, 6.07) is -1.15. The number of rotatable bonds is 3. The van der Waals surface area contributed by atoms with Crippen LogP contribution in [0, 0.1) is 17.8 Å². The molecule has 0 radical (unpaired) electrons. The third kappa shape index (κ3) is 18.6. The molecule has 3 rings (SSSR count). The number of fused-ring (bicyclic) bond motifs is 2. The predicted octanol–water partition coefficient (Wildman–Crippen LogP) is 0.712. The number of aliphatic hydroxyl groups excluding tert-OH is 9. The van der Waals surface area contributed by atoms with Gasteiger partial charge in [-0.05, 0) is 33.1 Å². The molecule has 3 unspecified atom stereocenters. The first-order chi connectivity index (χ1) is 30.6. The number of nitrogens with two attached hydrogens (primary N) is 1. The fraction of sp³-hybridized carbons (Fsp3) is 0.660. The Morgan fingerprint density at radius 3 is 1.82 bits per heavy atom. The molecule has 0 aromatic heterocycles. The standard InChI is InChI=1S/C47H73NO17/c1-27-17-15-13-11-9-7-5-6-8-10-12-14-16-18-34(64-46-44(58)41(48)43(57)30(4)63-46)24-38-40(45(59)60)37(54)26-47(61,65-38)25-33(51)22-36(53)35(52)20-19-31(49)21-32(50)23-39(55)62-29(3)28(2)42(27)56/h5-18,27-38,40-44,46,49-54,56-58,61H,19-26,48H2,1-4H3,(H,59,60)/b6-5+,9-7+,10-8+,13-11+,14-12+,17-15+,18-16+/t27-,28-,29-,30?,31+,32+,33-,34-,35+,36+,37-,38-,40+,41?,42+,43+,44?,46-,47+/m0/s1. The molecule has 0 amide bonds. The maximum atomic E-state index is 12.6. The van der Waals surface area contributed by atoms with E-state index in [1.807, 2.05) is 19.1 Å². The SMILES string of the molecule is CC1O[C@@H](O[C@H]2/C=C/C=C/C=C/C=C/C=C/C=C/C=C/[C@H](C)[C@@H](O)[C@@H](C)[C@H](C)OC(=O)C[C@H](O)C[C@H](O)CC[C@@H](O)[C@H](O)C[C@H](O)C[C@]3(O)C[C@H](O)[C@@H](C(=O)O)[C@H](C2)O3)C(O)C(N)[C@@H]1O. The first-order valence-corrected chi connectivity index (χ1v) is 22.3. The van der Waals surface area contributed by atoms with E-state index >= 15 is 0 Å². The maximum Gasteiger partial charge on any atom is 0.311 e. The minimum atomic E-state index is -2.33. The van der Waals surface area contributed by atoms with Crippen molar-refractivity contribution in [3.05, 3.63) is 85.1 Å². The van der Waals surface area contributed by atoms with Crippen LogP contribution in [0.2, 0.25) is 0 Å². The number of carbonyl (C=O) groups excluding carboxylic acids is 1. The number of hydrogen-bond acceptors (Lipinski definition) is 17. The summed E-state index contributed by atoms with van der Waals surface area (Å²) in [5.74, 6) is -6.83. The van der Waals surface area contributed by atoms with Crippen LogP contribution < -0.4 is 5.73 Å². The molecular formula is C47H73NO17. The number of aliphatic hydroxyl groups is 10. The van der Waals surface area contributed by atoms with Gasteiger partial charge >= 0.3 is 11.9 Å². The molecular weight excluding hydrogens is 851 g/mol. The molecule has 3 aliphatic heterocycles. The zero-order valence-electron chi connectivity index (χ0n) is 37.6. The second-order valence-corrected chi connectivity index (χ2v) is 17.6. The molecule has 0 aliphatic carbocycles. The molecule has 18 heteroatoms. The summed E-state index contributed by atoms with van der Waals surface area (Å²) >= 11 is 0. The number of hydrogen-bond donors (Lipinski definition) is 12. The van der Waals surface area contributed by atoms with Gasteiger partial charge in [0.2, 0.25) is 0 Å². The van der Waals surface area contributed by atoms with Crippen LogP contribution in [0.1, 0.15) is 79.1 Å². The number of carbonyl (C=O) groups is 2. The summed E-state index contributed by atoms with van der Waals surface area (Å²) in [4.78, 5) is 25.1. The number of esters is 1. The summed E-state index contributed by atoms with van der Waals surface area (Å²) in [5, 5.41) is 118. The highest BCUT2D eigenvalue weighted by molar-refractivity contribution is 5.71. The Labute approximate surface area is 381 Å². The summed E-state index contributed by atoms with van der Waals surface area (Å²) < 4.78 is 23.1. The van der Waals surface area contributed by atoms with Gasteiger partial charge < -0.3 is 80.9 Å². The highest BCUT2D eigenvalue weighted by Crippen LogP contribution is 2.38. The second-order valence-electron chi connectivity index (χ2n) is 17.6. The van der Waals surface area contributed by atoms with Crippen LogP contribution in [0.4, 0.5) is 0 Å². The monoisotopic (exact) mass is 923 g/mol. The van der Waals surface area contributed by atoms with Crippen molar-refractivity contribution in [2.45, 2.75) is 177 Å². The maximum absolute atomic E-state index is 12.6. The number of carboxylic acids is 1. The molecule has 0 aromatic carbocycles. The Bertz CT molecular complexity index is 1670. The summed E-state index contributed by atoms with van der Waals surface area (Å²) in [6.45, 7) is 6.74. The lowest BCUT2D eigenvalue weighted by Crippen LogP contribution is -2.61. The molecule has 65 heavy (non-hydrogen) atoms. The van der Waals surface area contributed by atoms with Gasteiger partial charge in [0.1, 0.15) is 18.1 Å². The molecule has 19 atom stereocenters. The van der Waals surface area contributed by atoms with E-state index in [-0.39, 0.29) is 31.6 Å². The average molecular weight is 924 g/mol. The fourth-order valence-electron chi connectivity index (χ4n) is 7.97. The van der Waals surface area contributed by atoms with Gasteiger partial charge in [-0.3, -0.25) is 9.59 Å². The number of cyclic esters (lactones) is 1. The van der Waals surface area contributed by atoms with Crippen molar-refractivity contribution < 1.29 is 84.7 Å². The van der Waals surface area contributed by atoms with E-state index in [0.29, 0.717) is 0 Å². The Hall–Kier alpha value is -3.44. The molecule has 2 fully saturated rings. The van der Waals surface area contributed by atoms with E-state index in [4.69, 9.17) is 24.7 Å². The lowest BCUT2D eigenvalue weighted by molar-refractivity contribution is -0.308. The lowest BCUT2D eigenvalue weighted by Gasteiger charge is -2.45. The van der Waals surface area contributed by atoms with E-state index in [1.54, 1.807) is 80.7 Å². The van der Waals surface area contributed by atoms with Gasteiger partial charge in [0.25, 0.3) is 0 Å². The Kier molecular flexibility index (Phi) is 23.6. The largest absolute Gasteiger partial charge is 0.481 e. The highest BCUT2D eigenvalue weighted by Gasteiger charge is 2.51. The van der Waals surface area contributed by atoms with Crippen molar-refractivity contribution in [1.29, 1.82) is 0 Å². The topological polar surface area (TPSA) is 320 Å². The van der Waals surface area contributed by atoms with Crippen molar-refractivity contribution in [3.8, 4) is 0 Å². The van der Waals surface area contributed by atoms with E-state index in [0.717, 1.165) is 0 Å². The van der Waals surface area contributed by atoms with Gasteiger partial charge in [0, 0.05) is 37.5 Å². The summed E-state index contributed by atoms with van der Waals surface area (Å²) in [6.07, 6.45) is 3.46. The molecule has 2 saturated heterocycles. The van der Waals surface area contributed by atoms with Crippen molar-refractivity contribution >= 4 is 11.9 Å². The van der Waals surface area contributed by atoms with Gasteiger partial charge in [0.15, 0.2) is 12.1 Å². The molecule has 0 aromatic rings. The Morgan fingerprint density at radius 2 is 1.23 bits per heavy atom. The van der Waals surface area contributed by atoms with Gasteiger partial charge in [0.05, 0.1) is 79.6 Å². The smallest absolute Gasteiger partial charge is 0.311 e. The van der Waals surface area contributed by atoms with Crippen molar-refractivity contribution in [3.63, 3.8) is 0 Å². The van der Waals surface area contributed by atoms with Crippen molar-refractivity contribution in [2.75, 3.05) is 0 Å². The fourth-order valence-corrected chi connectivity index (χ4v) is 7.97. The number of ether oxygens (including phenoxy) is 4. The van der Waals surface area contributed by atoms with Crippen LogP contribution in [-0.2, 0) is 28.5 Å². The predicted molar refractivity (Wildman–Crippen MR) is 237 cm³/mol. The van der Waals surface area contributed by atoms with E-state index in [9.17, 15) is 65.8 Å². The minimum absolute atomic E-state index is 0.107. The molecule has 3 heterocycles. The molecule has 368 valence electrons.